The van der Waals surface area contributed by atoms with Crippen LogP contribution in [-0.2, 0) is 16.6 Å². The highest BCUT2D eigenvalue weighted by Gasteiger charge is 2.52. The van der Waals surface area contributed by atoms with Gasteiger partial charge in [-0.2, -0.15) is 0 Å². The van der Waals surface area contributed by atoms with Gasteiger partial charge in [0.05, 0.1) is 5.56 Å². The van der Waals surface area contributed by atoms with Gasteiger partial charge in [0.1, 0.15) is 5.41 Å². The number of amides is 2. The lowest BCUT2D eigenvalue weighted by molar-refractivity contribution is -0.124. The van der Waals surface area contributed by atoms with Crippen molar-refractivity contribution < 1.29 is 9.59 Å². The molecule has 1 aromatic heterocycles. The van der Waals surface area contributed by atoms with Crippen LogP contribution in [-0.4, -0.2) is 16.8 Å². The Morgan fingerprint density at radius 3 is 2.78 bits per heavy atom. The summed E-state index contributed by atoms with van der Waals surface area (Å²) >= 11 is 0. The number of nitrogens with zero attached hydrogens (tertiary/aromatic N) is 1. The van der Waals surface area contributed by atoms with Crippen LogP contribution in [0, 0.1) is 0 Å². The molecule has 1 unspecified atom stereocenters. The molecule has 1 atom stereocenters. The molecule has 23 heavy (non-hydrogen) atoms. The average molecular weight is 304 g/mol. The van der Waals surface area contributed by atoms with Crippen LogP contribution in [0.15, 0.2) is 36.5 Å². The van der Waals surface area contributed by atoms with E-state index in [-0.39, 0.29) is 11.8 Å². The summed E-state index contributed by atoms with van der Waals surface area (Å²) in [5.41, 5.74) is 3.94. The van der Waals surface area contributed by atoms with Crippen LogP contribution in [0.3, 0.4) is 0 Å². The molecule has 1 saturated carbocycles. The number of hydrogen-bond acceptors (Lipinski definition) is 3. The first-order valence-electron chi connectivity index (χ1n) is 8.15. The number of nitrogens with one attached hydrogen (secondary N) is 1. The van der Waals surface area contributed by atoms with Crippen molar-refractivity contribution >= 4 is 11.8 Å². The predicted molar refractivity (Wildman–Crippen MR) is 84.2 cm³/mol. The molecule has 3 aliphatic rings. The van der Waals surface area contributed by atoms with Crippen LogP contribution in [0.5, 0.6) is 0 Å². The number of benzene rings is 1. The third kappa shape index (κ3) is 1.63. The van der Waals surface area contributed by atoms with Crippen molar-refractivity contribution in [3.63, 3.8) is 0 Å². The fraction of sp³-hybridized carbons (Fsp3) is 0.316. The minimum atomic E-state index is -0.730. The predicted octanol–water partition coefficient (Wildman–Crippen LogP) is 2.46. The van der Waals surface area contributed by atoms with Crippen molar-refractivity contribution in [2.45, 2.75) is 37.0 Å². The van der Waals surface area contributed by atoms with Crippen LogP contribution >= 0.6 is 0 Å². The quantitative estimate of drug-likeness (QED) is 0.823. The van der Waals surface area contributed by atoms with Gasteiger partial charge in [0.25, 0.3) is 5.91 Å². The molecular weight excluding hydrogens is 288 g/mol. The lowest BCUT2D eigenvalue weighted by Crippen LogP contribution is -2.51. The molecule has 2 aliphatic carbocycles. The van der Waals surface area contributed by atoms with E-state index in [9.17, 15) is 9.59 Å². The number of fused-ring (bicyclic) bond motifs is 4. The summed E-state index contributed by atoms with van der Waals surface area (Å²) < 4.78 is 0. The van der Waals surface area contributed by atoms with E-state index < -0.39 is 5.41 Å². The number of pyridine rings is 1. The fourth-order valence-corrected chi connectivity index (χ4v) is 4.13. The molecule has 1 N–H and O–H groups in total. The first-order valence-corrected chi connectivity index (χ1v) is 8.15. The molecule has 1 aromatic carbocycles. The molecule has 4 heteroatoms. The van der Waals surface area contributed by atoms with Gasteiger partial charge in [0.15, 0.2) is 0 Å². The lowest BCUT2D eigenvalue weighted by Gasteiger charge is -2.34. The Kier molecular flexibility index (Phi) is 2.42. The number of imide groups is 1. The molecule has 0 saturated heterocycles. The zero-order chi connectivity index (χ0) is 15.6. The number of aryl methyl sites for hydroxylation is 1. The molecule has 2 amide bonds. The Balaban J connectivity index is 1.80. The van der Waals surface area contributed by atoms with Crippen LogP contribution in [0.25, 0.3) is 0 Å². The highest BCUT2D eigenvalue weighted by Crippen LogP contribution is 2.48. The van der Waals surface area contributed by atoms with E-state index in [2.05, 4.69) is 16.4 Å². The number of carbonyl (C=O) groups excluding carboxylic acids is 2. The summed E-state index contributed by atoms with van der Waals surface area (Å²) in [4.78, 5) is 29.6. The minimum absolute atomic E-state index is 0.187. The second kappa shape index (κ2) is 4.28. The summed E-state index contributed by atoms with van der Waals surface area (Å²) in [6, 6.07) is 10.1. The zero-order valence-corrected chi connectivity index (χ0v) is 12.6. The van der Waals surface area contributed by atoms with E-state index in [1.807, 2.05) is 24.3 Å². The van der Waals surface area contributed by atoms with Gasteiger partial charge in [-0.1, -0.05) is 24.3 Å². The number of aromatic nitrogens is 1. The van der Waals surface area contributed by atoms with E-state index >= 15 is 0 Å². The first kappa shape index (κ1) is 13.0. The first-order chi connectivity index (χ1) is 11.2. The third-order valence-electron chi connectivity index (χ3n) is 5.49. The van der Waals surface area contributed by atoms with Crippen LogP contribution in [0.2, 0.25) is 0 Å². The number of carbonyl (C=O) groups is 2. The van der Waals surface area contributed by atoms with Gasteiger partial charge in [-0.05, 0) is 48.4 Å². The largest absolute Gasteiger partial charge is 0.291 e. The van der Waals surface area contributed by atoms with Gasteiger partial charge in [0.2, 0.25) is 5.91 Å². The van der Waals surface area contributed by atoms with Crippen molar-refractivity contribution in [1.82, 2.24) is 10.3 Å². The standard InChI is InChI=1S/C19H16N2O2/c22-17-13-10-20-16(12-5-6-12)9-15(13)19(18(23)21-17)8-7-11-3-1-2-4-14(11)19/h1-4,9-10,12H,5-8H2,(H,21,22,23). The Labute approximate surface area is 133 Å². The van der Waals surface area contributed by atoms with Crippen LogP contribution in [0.1, 0.15) is 57.9 Å². The monoisotopic (exact) mass is 304 g/mol. The highest BCUT2D eigenvalue weighted by molar-refractivity contribution is 6.14. The molecule has 114 valence electrons. The minimum Gasteiger partial charge on any atom is -0.291 e. The van der Waals surface area contributed by atoms with Gasteiger partial charge in [0, 0.05) is 17.8 Å². The second-order valence-corrected chi connectivity index (χ2v) is 6.77. The van der Waals surface area contributed by atoms with E-state index in [4.69, 9.17) is 0 Å². The molecule has 0 bridgehead atoms. The Morgan fingerprint density at radius 1 is 1.13 bits per heavy atom. The van der Waals surface area contributed by atoms with Gasteiger partial charge in [-0.15, -0.1) is 0 Å². The maximum Gasteiger partial charge on any atom is 0.259 e. The molecule has 0 radical (unpaired) electrons. The molecule has 1 aliphatic heterocycles. The Hall–Kier alpha value is -2.49. The van der Waals surface area contributed by atoms with Gasteiger partial charge in [-0.25, -0.2) is 0 Å². The van der Waals surface area contributed by atoms with E-state index in [0.29, 0.717) is 17.9 Å². The van der Waals surface area contributed by atoms with E-state index in [0.717, 1.165) is 36.1 Å². The van der Waals surface area contributed by atoms with Gasteiger partial charge in [-0.3, -0.25) is 19.9 Å². The molecule has 4 nitrogen and oxygen atoms in total. The normalized spacial score (nSPS) is 25.2. The second-order valence-electron chi connectivity index (χ2n) is 6.77. The van der Waals surface area contributed by atoms with Gasteiger partial charge >= 0.3 is 0 Å². The summed E-state index contributed by atoms with van der Waals surface area (Å²) in [5.74, 6) is -0.0168. The summed E-state index contributed by atoms with van der Waals surface area (Å²) in [6.07, 6.45) is 5.53. The molecule has 5 rings (SSSR count). The summed E-state index contributed by atoms with van der Waals surface area (Å²) in [6.45, 7) is 0. The molecule has 2 aromatic rings. The van der Waals surface area contributed by atoms with Crippen molar-refractivity contribution in [2.75, 3.05) is 0 Å². The Morgan fingerprint density at radius 2 is 1.96 bits per heavy atom. The molecule has 2 heterocycles. The van der Waals surface area contributed by atoms with Crippen LogP contribution in [0.4, 0.5) is 0 Å². The van der Waals surface area contributed by atoms with E-state index in [1.54, 1.807) is 6.20 Å². The highest BCUT2D eigenvalue weighted by atomic mass is 16.2. The summed E-state index contributed by atoms with van der Waals surface area (Å²) in [5, 5.41) is 2.56. The lowest BCUT2D eigenvalue weighted by atomic mass is 9.71. The average Bonchev–Trinajstić information content (AvgIpc) is 3.34. The molecule has 1 spiro atoms. The smallest absolute Gasteiger partial charge is 0.259 e. The van der Waals surface area contributed by atoms with Crippen molar-refractivity contribution in [3.8, 4) is 0 Å². The maximum absolute atomic E-state index is 12.9. The number of rotatable bonds is 1. The van der Waals surface area contributed by atoms with Gasteiger partial charge < -0.3 is 0 Å². The molecule has 1 fully saturated rings. The zero-order valence-electron chi connectivity index (χ0n) is 12.6. The maximum atomic E-state index is 12.9. The molecular formula is C19H16N2O2. The van der Waals surface area contributed by atoms with E-state index in [1.165, 1.54) is 5.56 Å². The SMILES string of the molecule is O=C1NC(=O)C2(CCc3ccccc32)c2cc(C3CC3)ncc21. The van der Waals surface area contributed by atoms with Crippen molar-refractivity contribution in [2.24, 2.45) is 0 Å². The number of hydrogen-bond donors (Lipinski definition) is 1. The van der Waals surface area contributed by atoms with Crippen molar-refractivity contribution in [1.29, 1.82) is 0 Å². The van der Waals surface area contributed by atoms with Crippen LogP contribution < -0.4 is 5.32 Å². The Bertz CT molecular complexity index is 869. The topological polar surface area (TPSA) is 59.1 Å². The fourth-order valence-electron chi connectivity index (χ4n) is 4.13. The van der Waals surface area contributed by atoms with Crippen molar-refractivity contribution in [3.05, 3.63) is 64.5 Å². The third-order valence-corrected chi connectivity index (χ3v) is 5.49. The summed E-state index contributed by atoms with van der Waals surface area (Å²) in [7, 11) is 0.